The molecule has 0 unspecified atom stereocenters. The maximum atomic E-state index is 12.6. The molecular formula is C22H26F2N2O3S. The molecule has 1 aliphatic rings. The van der Waals surface area contributed by atoms with Crippen LogP contribution in [0.3, 0.4) is 0 Å². The van der Waals surface area contributed by atoms with Crippen molar-refractivity contribution in [2.24, 2.45) is 0 Å². The van der Waals surface area contributed by atoms with E-state index in [1.807, 2.05) is 23.1 Å². The number of halogens is 2. The minimum Gasteiger partial charge on any atom is -0.493 e. The molecule has 0 N–H and O–H groups in total. The van der Waals surface area contributed by atoms with Gasteiger partial charge in [0.25, 0.3) is 0 Å². The Kier molecular flexibility index (Phi) is 7.79. The summed E-state index contributed by atoms with van der Waals surface area (Å²) in [7, 11) is 1.41. The van der Waals surface area contributed by atoms with E-state index >= 15 is 0 Å². The average molecular weight is 437 g/mol. The monoisotopic (exact) mass is 436 g/mol. The molecule has 3 rings (SSSR count). The molecule has 1 heterocycles. The maximum Gasteiger partial charge on any atom is 0.387 e. The fraction of sp³-hybridized carbons (Fsp3) is 0.409. The van der Waals surface area contributed by atoms with E-state index in [-0.39, 0.29) is 22.8 Å². The van der Waals surface area contributed by atoms with Crippen molar-refractivity contribution < 1.29 is 23.0 Å². The molecule has 0 aromatic heterocycles. The van der Waals surface area contributed by atoms with Gasteiger partial charge in [-0.05, 0) is 43.2 Å². The Morgan fingerprint density at radius 1 is 1.20 bits per heavy atom. The number of hydrogen-bond donors (Lipinski definition) is 0. The number of amides is 1. The molecule has 1 fully saturated rings. The second-order valence-corrected chi connectivity index (χ2v) is 7.88. The molecule has 162 valence electrons. The second kappa shape index (κ2) is 10.5. The summed E-state index contributed by atoms with van der Waals surface area (Å²) in [6.07, 6.45) is 0.829. The average Bonchev–Trinajstić information content (AvgIpc) is 3.12. The van der Waals surface area contributed by atoms with Gasteiger partial charge in [0.05, 0.1) is 12.9 Å². The summed E-state index contributed by atoms with van der Waals surface area (Å²) in [4.78, 5) is 16.6. The van der Waals surface area contributed by atoms with Gasteiger partial charge in [0, 0.05) is 25.3 Å². The van der Waals surface area contributed by atoms with E-state index in [1.54, 1.807) is 12.1 Å². The molecule has 1 aliphatic heterocycles. The van der Waals surface area contributed by atoms with Crippen LogP contribution in [-0.4, -0.2) is 49.9 Å². The summed E-state index contributed by atoms with van der Waals surface area (Å²) >= 11 is 1.53. The van der Waals surface area contributed by atoms with Crippen molar-refractivity contribution in [2.45, 2.75) is 25.3 Å². The Hall–Kier alpha value is -2.48. The van der Waals surface area contributed by atoms with Crippen LogP contribution in [0.25, 0.3) is 0 Å². The molecule has 5 nitrogen and oxygen atoms in total. The van der Waals surface area contributed by atoms with E-state index in [9.17, 15) is 13.6 Å². The lowest BCUT2D eigenvalue weighted by atomic mass is 10.1. The molecule has 1 amide bonds. The highest BCUT2D eigenvalue weighted by atomic mass is 32.2. The number of anilines is 1. The minimum atomic E-state index is -2.92. The van der Waals surface area contributed by atoms with E-state index in [1.165, 1.54) is 24.9 Å². The summed E-state index contributed by atoms with van der Waals surface area (Å²) in [5.41, 5.74) is 2.00. The van der Waals surface area contributed by atoms with E-state index in [2.05, 4.69) is 28.7 Å². The zero-order valence-electron chi connectivity index (χ0n) is 17.1. The molecule has 0 aliphatic carbocycles. The maximum absolute atomic E-state index is 12.6. The van der Waals surface area contributed by atoms with Gasteiger partial charge in [-0.2, -0.15) is 8.78 Å². The molecular weight excluding hydrogens is 410 g/mol. The number of rotatable bonds is 10. The van der Waals surface area contributed by atoms with Gasteiger partial charge in [-0.3, -0.25) is 4.79 Å². The number of thioether (sulfide) groups is 1. The SMILES string of the molecule is CCN(CCCN1C(=O)CS[C@H]1c1ccc(OC(F)F)c(OC)c1)c1ccccc1. The van der Waals surface area contributed by atoms with Crippen LogP contribution in [-0.2, 0) is 4.79 Å². The number of ether oxygens (including phenoxy) is 2. The number of alkyl halides is 2. The molecule has 0 radical (unpaired) electrons. The molecule has 30 heavy (non-hydrogen) atoms. The molecule has 0 bridgehead atoms. The van der Waals surface area contributed by atoms with Gasteiger partial charge in [-0.1, -0.05) is 24.3 Å². The number of benzene rings is 2. The van der Waals surface area contributed by atoms with Crippen molar-refractivity contribution in [1.29, 1.82) is 0 Å². The zero-order valence-corrected chi connectivity index (χ0v) is 17.9. The fourth-order valence-electron chi connectivity index (χ4n) is 3.54. The van der Waals surface area contributed by atoms with E-state index in [0.717, 1.165) is 30.8 Å². The normalized spacial score (nSPS) is 16.2. The minimum absolute atomic E-state index is 0.0152. The van der Waals surface area contributed by atoms with Gasteiger partial charge in [-0.25, -0.2) is 0 Å². The van der Waals surface area contributed by atoms with Crippen molar-refractivity contribution in [3.05, 3.63) is 54.1 Å². The molecule has 2 aromatic carbocycles. The van der Waals surface area contributed by atoms with E-state index < -0.39 is 6.61 Å². The van der Waals surface area contributed by atoms with Gasteiger partial charge < -0.3 is 19.3 Å². The summed E-state index contributed by atoms with van der Waals surface area (Å²) in [6, 6.07) is 15.0. The lowest BCUT2D eigenvalue weighted by Crippen LogP contribution is -2.32. The first kappa shape index (κ1) is 22.2. The molecule has 1 atom stereocenters. The molecule has 2 aromatic rings. The third-order valence-corrected chi connectivity index (χ3v) is 6.24. The van der Waals surface area contributed by atoms with Crippen LogP contribution in [0.5, 0.6) is 11.5 Å². The van der Waals surface area contributed by atoms with E-state index in [0.29, 0.717) is 12.3 Å². The van der Waals surface area contributed by atoms with Gasteiger partial charge in [0.2, 0.25) is 5.91 Å². The summed E-state index contributed by atoms with van der Waals surface area (Å²) in [5, 5.41) is -0.168. The summed E-state index contributed by atoms with van der Waals surface area (Å²) in [6.45, 7) is 1.54. The lowest BCUT2D eigenvalue weighted by Gasteiger charge is -2.27. The molecule has 0 saturated carbocycles. The van der Waals surface area contributed by atoms with Crippen LogP contribution in [0.1, 0.15) is 24.3 Å². The standard InChI is InChI=1S/C22H26F2N2O3S/c1-3-25(17-8-5-4-6-9-17)12-7-13-26-20(27)15-30-21(26)16-10-11-18(29-22(23)24)19(14-16)28-2/h4-6,8-11,14,21-22H,3,7,12-13,15H2,1-2H3/t21-/m0/s1. The number of nitrogens with zero attached hydrogens (tertiary/aromatic N) is 2. The Labute approximate surface area is 179 Å². The predicted molar refractivity (Wildman–Crippen MR) is 115 cm³/mol. The van der Waals surface area contributed by atoms with Crippen molar-refractivity contribution >= 4 is 23.4 Å². The number of carbonyl (C=O) groups is 1. The van der Waals surface area contributed by atoms with Gasteiger partial charge in [0.1, 0.15) is 5.37 Å². The number of para-hydroxylation sites is 1. The van der Waals surface area contributed by atoms with Crippen molar-refractivity contribution in [2.75, 3.05) is 37.4 Å². The third-order valence-electron chi connectivity index (χ3n) is 4.99. The van der Waals surface area contributed by atoms with Gasteiger partial charge in [-0.15, -0.1) is 11.8 Å². The first-order chi connectivity index (χ1) is 14.5. The quantitative estimate of drug-likeness (QED) is 0.536. The topological polar surface area (TPSA) is 42.0 Å². The number of methoxy groups -OCH3 is 1. The smallest absolute Gasteiger partial charge is 0.387 e. The van der Waals surface area contributed by atoms with Crippen LogP contribution < -0.4 is 14.4 Å². The second-order valence-electron chi connectivity index (χ2n) is 6.81. The fourth-order valence-corrected chi connectivity index (χ4v) is 4.75. The number of carbonyl (C=O) groups excluding carboxylic acids is 1. The van der Waals surface area contributed by atoms with Crippen molar-refractivity contribution in [3.8, 4) is 11.5 Å². The molecule has 0 spiro atoms. The number of hydrogen-bond acceptors (Lipinski definition) is 5. The van der Waals surface area contributed by atoms with E-state index in [4.69, 9.17) is 4.74 Å². The van der Waals surface area contributed by atoms with Gasteiger partial charge >= 0.3 is 6.61 Å². The Morgan fingerprint density at radius 2 is 1.97 bits per heavy atom. The van der Waals surface area contributed by atoms with Crippen molar-refractivity contribution in [3.63, 3.8) is 0 Å². The Balaban J connectivity index is 1.67. The molecule has 1 saturated heterocycles. The van der Waals surface area contributed by atoms with Crippen LogP contribution in [0.15, 0.2) is 48.5 Å². The zero-order chi connectivity index (χ0) is 21.5. The third kappa shape index (κ3) is 5.36. The van der Waals surface area contributed by atoms with Crippen LogP contribution in [0.4, 0.5) is 14.5 Å². The first-order valence-corrected chi connectivity index (χ1v) is 10.9. The lowest BCUT2D eigenvalue weighted by molar-refractivity contribution is -0.128. The summed E-state index contributed by atoms with van der Waals surface area (Å²) in [5.74, 6) is 0.700. The molecule has 8 heteroatoms. The summed E-state index contributed by atoms with van der Waals surface area (Å²) < 4.78 is 34.8. The van der Waals surface area contributed by atoms with Crippen molar-refractivity contribution in [1.82, 2.24) is 4.90 Å². The van der Waals surface area contributed by atoms with Crippen LogP contribution in [0.2, 0.25) is 0 Å². The largest absolute Gasteiger partial charge is 0.493 e. The Morgan fingerprint density at radius 3 is 2.63 bits per heavy atom. The van der Waals surface area contributed by atoms with Crippen LogP contribution in [0, 0.1) is 0 Å². The van der Waals surface area contributed by atoms with Crippen LogP contribution >= 0.6 is 11.8 Å². The highest BCUT2D eigenvalue weighted by Crippen LogP contribution is 2.41. The van der Waals surface area contributed by atoms with Gasteiger partial charge in [0.15, 0.2) is 11.5 Å². The highest BCUT2D eigenvalue weighted by Gasteiger charge is 2.33. The Bertz CT molecular complexity index is 838. The first-order valence-electron chi connectivity index (χ1n) is 9.87. The highest BCUT2D eigenvalue weighted by molar-refractivity contribution is 8.00. The predicted octanol–water partition coefficient (Wildman–Crippen LogP) is 4.79.